The van der Waals surface area contributed by atoms with Gasteiger partial charge in [0.2, 0.25) is 5.91 Å². The SMILES string of the molecule is Cc1occc1C(=O)Nc1ccc(C(N)=O)cc1. The number of furan rings is 1. The highest BCUT2D eigenvalue weighted by Crippen LogP contribution is 2.14. The van der Waals surface area contributed by atoms with Crippen LogP contribution in [0.3, 0.4) is 0 Å². The lowest BCUT2D eigenvalue weighted by Crippen LogP contribution is -2.13. The molecule has 0 aliphatic carbocycles. The Bertz CT molecular complexity index is 585. The second-order valence-corrected chi connectivity index (χ2v) is 3.79. The van der Waals surface area contributed by atoms with Crippen LogP contribution in [-0.2, 0) is 0 Å². The van der Waals surface area contributed by atoms with Crippen molar-refractivity contribution in [2.45, 2.75) is 6.92 Å². The zero-order valence-corrected chi connectivity index (χ0v) is 9.77. The van der Waals surface area contributed by atoms with Crippen molar-refractivity contribution >= 4 is 17.5 Å². The van der Waals surface area contributed by atoms with Crippen molar-refractivity contribution < 1.29 is 14.0 Å². The normalized spacial score (nSPS) is 10.1. The maximum Gasteiger partial charge on any atom is 0.259 e. The van der Waals surface area contributed by atoms with Crippen LogP contribution in [0.2, 0.25) is 0 Å². The molecule has 0 saturated carbocycles. The van der Waals surface area contributed by atoms with E-state index in [0.29, 0.717) is 22.6 Å². The molecule has 5 nitrogen and oxygen atoms in total. The van der Waals surface area contributed by atoms with Gasteiger partial charge in [-0.25, -0.2) is 0 Å². The first-order chi connectivity index (χ1) is 8.58. The number of nitrogens with one attached hydrogen (secondary N) is 1. The predicted molar refractivity (Wildman–Crippen MR) is 66.4 cm³/mol. The fourth-order valence-corrected chi connectivity index (χ4v) is 1.54. The number of rotatable bonds is 3. The van der Waals surface area contributed by atoms with Gasteiger partial charge in [-0.2, -0.15) is 0 Å². The Morgan fingerprint density at radius 3 is 2.33 bits per heavy atom. The highest BCUT2D eigenvalue weighted by atomic mass is 16.3. The molecule has 18 heavy (non-hydrogen) atoms. The third-order valence-corrected chi connectivity index (χ3v) is 2.53. The first kappa shape index (κ1) is 11.9. The lowest BCUT2D eigenvalue weighted by Gasteiger charge is -2.04. The van der Waals surface area contributed by atoms with E-state index >= 15 is 0 Å². The number of carbonyl (C=O) groups excluding carboxylic acids is 2. The second-order valence-electron chi connectivity index (χ2n) is 3.79. The number of primary amides is 1. The lowest BCUT2D eigenvalue weighted by atomic mass is 10.2. The van der Waals surface area contributed by atoms with Crippen molar-refractivity contribution in [2.24, 2.45) is 5.73 Å². The van der Waals surface area contributed by atoms with Gasteiger partial charge in [0.15, 0.2) is 0 Å². The third-order valence-electron chi connectivity index (χ3n) is 2.53. The smallest absolute Gasteiger partial charge is 0.259 e. The Morgan fingerprint density at radius 1 is 1.17 bits per heavy atom. The van der Waals surface area contributed by atoms with Crippen LogP contribution in [0.4, 0.5) is 5.69 Å². The topological polar surface area (TPSA) is 85.3 Å². The standard InChI is InChI=1S/C13H12N2O3/c1-8-11(6-7-18-8)13(17)15-10-4-2-9(3-5-10)12(14)16/h2-7H,1H3,(H2,14,16)(H,15,17). The average Bonchev–Trinajstić information content (AvgIpc) is 2.76. The molecule has 1 aromatic heterocycles. The van der Waals surface area contributed by atoms with Gasteiger partial charge in [0.25, 0.3) is 5.91 Å². The Kier molecular flexibility index (Phi) is 3.14. The molecule has 0 atom stereocenters. The van der Waals surface area contributed by atoms with Crippen molar-refractivity contribution in [1.29, 1.82) is 0 Å². The molecule has 0 fully saturated rings. The number of anilines is 1. The van der Waals surface area contributed by atoms with Crippen molar-refractivity contribution in [3.63, 3.8) is 0 Å². The van der Waals surface area contributed by atoms with Gasteiger partial charge in [0, 0.05) is 11.3 Å². The Hall–Kier alpha value is -2.56. The highest BCUT2D eigenvalue weighted by Gasteiger charge is 2.11. The number of hydrogen-bond acceptors (Lipinski definition) is 3. The minimum Gasteiger partial charge on any atom is -0.469 e. The van der Waals surface area contributed by atoms with Crippen LogP contribution in [0.15, 0.2) is 41.0 Å². The molecular weight excluding hydrogens is 232 g/mol. The summed E-state index contributed by atoms with van der Waals surface area (Å²) in [6, 6.07) is 7.95. The quantitative estimate of drug-likeness (QED) is 0.865. The van der Waals surface area contributed by atoms with Crippen LogP contribution in [0.1, 0.15) is 26.5 Å². The summed E-state index contributed by atoms with van der Waals surface area (Å²) in [6.45, 7) is 1.71. The molecule has 0 bridgehead atoms. The van der Waals surface area contributed by atoms with Gasteiger partial charge in [0.1, 0.15) is 5.76 Å². The Morgan fingerprint density at radius 2 is 1.83 bits per heavy atom. The molecule has 2 aromatic rings. The average molecular weight is 244 g/mol. The molecule has 0 aliphatic rings. The predicted octanol–water partition coefficient (Wildman–Crippen LogP) is 1.94. The van der Waals surface area contributed by atoms with Gasteiger partial charge in [-0.1, -0.05) is 0 Å². The summed E-state index contributed by atoms with van der Waals surface area (Å²) in [5.74, 6) is -0.201. The van der Waals surface area contributed by atoms with Crippen LogP contribution in [0, 0.1) is 6.92 Å². The molecular formula is C13H12N2O3. The van der Waals surface area contributed by atoms with Gasteiger partial charge in [-0.05, 0) is 37.3 Å². The number of amides is 2. The number of hydrogen-bond donors (Lipinski definition) is 2. The van der Waals surface area contributed by atoms with E-state index in [9.17, 15) is 9.59 Å². The fraction of sp³-hybridized carbons (Fsp3) is 0.0769. The van der Waals surface area contributed by atoms with Gasteiger partial charge in [0.05, 0.1) is 11.8 Å². The molecule has 5 heteroatoms. The van der Waals surface area contributed by atoms with E-state index in [4.69, 9.17) is 10.2 Å². The number of aryl methyl sites for hydroxylation is 1. The molecule has 0 unspecified atom stereocenters. The summed E-state index contributed by atoms with van der Waals surface area (Å²) in [5.41, 5.74) is 6.59. The number of benzene rings is 1. The summed E-state index contributed by atoms with van der Waals surface area (Å²) < 4.78 is 5.05. The Labute approximate surface area is 104 Å². The van der Waals surface area contributed by atoms with E-state index in [-0.39, 0.29) is 5.91 Å². The van der Waals surface area contributed by atoms with Crippen LogP contribution in [0.5, 0.6) is 0 Å². The fourth-order valence-electron chi connectivity index (χ4n) is 1.54. The van der Waals surface area contributed by atoms with E-state index < -0.39 is 5.91 Å². The third kappa shape index (κ3) is 2.40. The van der Waals surface area contributed by atoms with Gasteiger partial charge in [-0.3, -0.25) is 9.59 Å². The van der Waals surface area contributed by atoms with E-state index in [0.717, 1.165) is 0 Å². The van der Waals surface area contributed by atoms with Crippen LogP contribution in [0.25, 0.3) is 0 Å². The van der Waals surface area contributed by atoms with Gasteiger partial charge < -0.3 is 15.5 Å². The van der Waals surface area contributed by atoms with Crippen LogP contribution in [-0.4, -0.2) is 11.8 Å². The molecule has 0 saturated heterocycles. The summed E-state index contributed by atoms with van der Waals surface area (Å²) in [5, 5.41) is 2.70. The Balaban J connectivity index is 2.13. The molecule has 0 aliphatic heterocycles. The van der Waals surface area contributed by atoms with Crippen molar-refractivity contribution in [1.82, 2.24) is 0 Å². The van der Waals surface area contributed by atoms with Crippen LogP contribution < -0.4 is 11.1 Å². The molecule has 0 radical (unpaired) electrons. The summed E-state index contributed by atoms with van der Waals surface area (Å²) in [6.07, 6.45) is 1.46. The highest BCUT2D eigenvalue weighted by molar-refractivity contribution is 6.05. The van der Waals surface area contributed by atoms with Crippen molar-refractivity contribution in [3.05, 3.63) is 53.5 Å². The summed E-state index contributed by atoms with van der Waals surface area (Å²) in [4.78, 5) is 22.7. The molecule has 1 heterocycles. The summed E-state index contributed by atoms with van der Waals surface area (Å²) >= 11 is 0. The van der Waals surface area contributed by atoms with Crippen molar-refractivity contribution in [3.8, 4) is 0 Å². The zero-order chi connectivity index (χ0) is 13.1. The van der Waals surface area contributed by atoms with E-state index in [1.54, 1.807) is 37.3 Å². The zero-order valence-electron chi connectivity index (χ0n) is 9.77. The first-order valence-corrected chi connectivity index (χ1v) is 5.33. The van der Waals surface area contributed by atoms with Gasteiger partial charge >= 0.3 is 0 Å². The maximum absolute atomic E-state index is 11.9. The minimum atomic E-state index is -0.501. The van der Waals surface area contributed by atoms with Gasteiger partial charge in [-0.15, -0.1) is 0 Å². The molecule has 2 rings (SSSR count). The monoisotopic (exact) mass is 244 g/mol. The van der Waals surface area contributed by atoms with E-state index in [1.807, 2.05) is 0 Å². The maximum atomic E-state index is 11.9. The number of carbonyl (C=O) groups is 2. The molecule has 2 amide bonds. The molecule has 1 aromatic carbocycles. The minimum absolute atomic E-state index is 0.256. The van der Waals surface area contributed by atoms with Crippen LogP contribution >= 0.6 is 0 Å². The first-order valence-electron chi connectivity index (χ1n) is 5.33. The van der Waals surface area contributed by atoms with E-state index in [2.05, 4.69) is 5.32 Å². The largest absolute Gasteiger partial charge is 0.469 e. The lowest BCUT2D eigenvalue weighted by molar-refractivity contribution is 0.0998. The molecule has 92 valence electrons. The van der Waals surface area contributed by atoms with Crippen molar-refractivity contribution in [2.75, 3.05) is 5.32 Å². The molecule has 3 N–H and O–H groups in total. The second kappa shape index (κ2) is 4.75. The summed E-state index contributed by atoms with van der Waals surface area (Å²) in [7, 11) is 0. The molecule has 0 spiro atoms. The number of nitrogens with two attached hydrogens (primary N) is 1. The van der Waals surface area contributed by atoms with E-state index in [1.165, 1.54) is 6.26 Å².